The standard InChI is InChI=1S/C27H38N4O6/c1-16-9-10-19(28-13-16)21-29-14-20(30-21)27(22(32)33)12-18(27)11-17(2)15-31(23(34)36-25(3,4)5)24(35)37-26(6,7)8/h9-10,13-14,17-18,21H,11-12,15H2,1-8H3,(H,32,33)/t17-,18+,21?,27-/m1/s1. The molecule has 0 aromatic carbocycles. The third-order valence-electron chi connectivity index (χ3n) is 6.15. The minimum Gasteiger partial charge on any atom is -0.481 e. The first kappa shape index (κ1) is 28.3. The lowest BCUT2D eigenvalue weighted by molar-refractivity contribution is -0.141. The number of hydrogen-bond acceptors (Lipinski definition) is 8. The molecule has 202 valence electrons. The number of hydrogen-bond donors (Lipinski definition) is 1. The maximum atomic E-state index is 12.8. The molecule has 1 aliphatic heterocycles. The molecule has 2 heterocycles. The zero-order valence-electron chi connectivity index (χ0n) is 22.9. The molecule has 0 bridgehead atoms. The predicted molar refractivity (Wildman–Crippen MR) is 139 cm³/mol. The van der Waals surface area contributed by atoms with E-state index in [0.717, 1.165) is 10.5 Å². The maximum Gasteiger partial charge on any atom is 0.419 e. The lowest BCUT2D eigenvalue weighted by Gasteiger charge is -2.30. The second-order valence-electron chi connectivity index (χ2n) is 12.0. The number of imide groups is 1. The van der Waals surface area contributed by atoms with Crippen molar-refractivity contribution in [2.75, 3.05) is 6.54 Å². The molecular weight excluding hydrogens is 476 g/mol. The van der Waals surface area contributed by atoms with Gasteiger partial charge in [-0.2, -0.15) is 0 Å². The van der Waals surface area contributed by atoms with Crippen LogP contribution in [0.1, 0.15) is 78.7 Å². The highest BCUT2D eigenvalue weighted by atomic mass is 16.6. The minimum atomic E-state index is -1.14. The van der Waals surface area contributed by atoms with Gasteiger partial charge in [0.25, 0.3) is 0 Å². The van der Waals surface area contributed by atoms with Gasteiger partial charge in [-0.15, -0.1) is 0 Å². The summed E-state index contributed by atoms with van der Waals surface area (Å²) < 4.78 is 10.9. The van der Waals surface area contributed by atoms with Crippen molar-refractivity contribution in [2.45, 2.75) is 85.6 Å². The van der Waals surface area contributed by atoms with Crippen molar-refractivity contribution < 1.29 is 29.0 Å². The normalized spacial score (nSPS) is 23.7. The molecule has 1 aromatic rings. The van der Waals surface area contributed by atoms with Crippen LogP contribution in [0, 0.1) is 24.2 Å². The van der Waals surface area contributed by atoms with Crippen LogP contribution in [-0.4, -0.2) is 62.8 Å². The number of carboxylic acids is 1. The Morgan fingerprint density at radius 1 is 1.11 bits per heavy atom. The maximum absolute atomic E-state index is 12.8. The van der Waals surface area contributed by atoms with E-state index >= 15 is 0 Å². The number of rotatable bonds is 7. The van der Waals surface area contributed by atoms with E-state index in [0.29, 0.717) is 24.2 Å². The molecule has 2 amide bonds. The third kappa shape index (κ3) is 6.93. The van der Waals surface area contributed by atoms with Crippen LogP contribution in [0.2, 0.25) is 0 Å². The summed E-state index contributed by atoms with van der Waals surface area (Å²) in [5.41, 5.74) is -0.620. The fourth-order valence-electron chi connectivity index (χ4n) is 4.37. The number of amides is 2. The van der Waals surface area contributed by atoms with E-state index in [1.807, 2.05) is 26.0 Å². The lowest BCUT2D eigenvalue weighted by atomic mass is 9.92. The number of nitrogens with zero attached hydrogens (tertiary/aromatic N) is 4. The molecule has 3 rings (SSSR count). The lowest BCUT2D eigenvalue weighted by Crippen LogP contribution is -2.45. The number of aliphatic imine (C=N–C) groups is 2. The van der Waals surface area contributed by atoms with Crippen LogP contribution in [0.25, 0.3) is 0 Å². The average Bonchev–Trinajstić information content (AvgIpc) is 3.24. The van der Waals surface area contributed by atoms with E-state index in [4.69, 9.17) is 9.47 Å². The van der Waals surface area contributed by atoms with Crippen molar-refractivity contribution in [3.05, 3.63) is 29.6 Å². The number of carbonyl (C=O) groups excluding carboxylic acids is 2. The van der Waals surface area contributed by atoms with Gasteiger partial charge in [-0.25, -0.2) is 14.5 Å². The summed E-state index contributed by atoms with van der Waals surface area (Å²) in [4.78, 5) is 52.3. The molecular formula is C27H38N4O6. The van der Waals surface area contributed by atoms with Crippen molar-refractivity contribution in [1.29, 1.82) is 0 Å². The quantitative estimate of drug-likeness (QED) is 0.529. The van der Waals surface area contributed by atoms with Gasteiger partial charge in [0.15, 0.2) is 6.17 Å². The second kappa shape index (κ2) is 10.2. The van der Waals surface area contributed by atoms with Crippen molar-refractivity contribution in [1.82, 2.24) is 9.88 Å². The number of aliphatic carboxylic acids is 1. The monoisotopic (exact) mass is 514 g/mol. The molecule has 2 aliphatic rings. The smallest absolute Gasteiger partial charge is 0.419 e. The molecule has 1 unspecified atom stereocenters. The van der Waals surface area contributed by atoms with Gasteiger partial charge in [-0.1, -0.05) is 13.0 Å². The average molecular weight is 515 g/mol. The molecule has 1 N–H and O–H groups in total. The first-order chi connectivity index (χ1) is 17.0. The first-order valence-corrected chi connectivity index (χ1v) is 12.5. The van der Waals surface area contributed by atoms with Crippen LogP contribution in [-0.2, 0) is 14.3 Å². The van der Waals surface area contributed by atoms with E-state index in [-0.39, 0.29) is 18.4 Å². The Balaban J connectivity index is 1.72. The van der Waals surface area contributed by atoms with Crippen molar-refractivity contribution in [3.8, 4) is 0 Å². The molecule has 4 atom stereocenters. The van der Waals surface area contributed by atoms with E-state index in [1.54, 1.807) is 54.0 Å². The SMILES string of the molecule is Cc1ccc(C2N=CC([C@@]3(C(=O)O)C[C@@H]3C[C@@H](C)CN(C(=O)OC(C)(C)C)C(=O)OC(C)(C)C)=N2)nc1. The van der Waals surface area contributed by atoms with Crippen LogP contribution >= 0.6 is 0 Å². The zero-order chi connectivity index (χ0) is 27.8. The summed E-state index contributed by atoms with van der Waals surface area (Å²) in [5, 5.41) is 10.1. The number of pyridine rings is 1. The van der Waals surface area contributed by atoms with E-state index in [2.05, 4.69) is 15.0 Å². The summed E-state index contributed by atoms with van der Waals surface area (Å²) in [6.45, 7) is 14.2. The Hall–Kier alpha value is -3.30. The Labute approximate surface area is 218 Å². The van der Waals surface area contributed by atoms with Crippen LogP contribution in [0.15, 0.2) is 28.3 Å². The van der Waals surface area contributed by atoms with Gasteiger partial charge in [0.05, 0.1) is 11.4 Å². The van der Waals surface area contributed by atoms with Gasteiger partial charge >= 0.3 is 18.2 Å². The summed E-state index contributed by atoms with van der Waals surface area (Å²) >= 11 is 0. The summed E-state index contributed by atoms with van der Waals surface area (Å²) in [6.07, 6.45) is 2.00. The van der Waals surface area contributed by atoms with Crippen LogP contribution in [0.3, 0.4) is 0 Å². The molecule has 0 radical (unpaired) electrons. The first-order valence-electron chi connectivity index (χ1n) is 12.5. The van der Waals surface area contributed by atoms with Gasteiger partial charge < -0.3 is 14.6 Å². The topological polar surface area (TPSA) is 131 Å². The van der Waals surface area contributed by atoms with Gasteiger partial charge in [-0.05, 0) is 84.8 Å². The van der Waals surface area contributed by atoms with Gasteiger partial charge in [0, 0.05) is 19.0 Å². The van der Waals surface area contributed by atoms with E-state index < -0.39 is 40.9 Å². The number of aromatic nitrogens is 1. The van der Waals surface area contributed by atoms with Gasteiger partial charge in [0.2, 0.25) is 0 Å². The molecule has 1 fully saturated rings. The molecule has 37 heavy (non-hydrogen) atoms. The van der Waals surface area contributed by atoms with Gasteiger partial charge in [0.1, 0.15) is 16.6 Å². The van der Waals surface area contributed by atoms with Crippen molar-refractivity contribution >= 4 is 30.1 Å². The molecule has 0 saturated heterocycles. The predicted octanol–water partition coefficient (Wildman–Crippen LogP) is 5.20. The van der Waals surface area contributed by atoms with Crippen LogP contribution in [0.5, 0.6) is 0 Å². The number of carboxylic acid groups (broad SMARTS) is 1. The summed E-state index contributed by atoms with van der Waals surface area (Å²) in [6, 6.07) is 3.76. The van der Waals surface area contributed by atoms with Crippen LogP contribution in [0.4, 0.5) is 9.59 Å². The fourth-order valence-corrected chi connectivity index (χ4v) is 4.37. The van der Waals surface area contributed by atoms with Crippen molar-refractivity contribution in [3.63, 3.8) is 0 Å². The van der Waals surface area contributed by atoms with E-state index in [1.165, 1.54) is 0 Å². The van der Waals surface area contributed by atoms with Gasteiger partial charge in [-0.3, -0.25) is 19.8 Å². The molecule has 1 aliphatic carbocycles. The highest BCUT2D eigenvalue weighted by molar-refractivity contribution is 6.39. The Bertz CT molecular complexity index is 1070. The summed E-state index contributed by atoms with van der Waals surface area (Å²) in [5.74, 6) is -1.38. The van der Waals surface area contributed by atoms with Crippen molar-refractivity contribution in [2.24, 2.45) is 27.2 Å². The molecule has 1 aromatic heterocycles. The number of aryl methyl sites for hydroxylation is 1. The zero-order valence-corrected chi connectivity index (χ0v) is 22.9. The summed E-state index contributed by atoms with van der Waals surface area (Å²) in [7, 11) is 0. The highest BCUT2D eigenvalue weighted by Gasteiger charge is 2.64. The Kier molecular flexibility index (Phi) is 7.81. The van der Waals surface area contributed by atoms with Crippen LogP contribution < -0.4 is 0 Å². The second-order valence-corrected chi connectivity index (χ2v) is 12.0. The molecule has 1 saturated carbocycles. The molecule has 10 heteroatoms. The molecule has 0 spiro atoms. The number of carbonyl (C=O) groups is 3. The fraction of sp³-hybridized carbons (Fsp3) is 0.630. The third-order valence-corrected chi connectivity index (χ3v) is 6.15. The Morgan fingerprint density at radius 3 is 2.19 bits per heavy atom. The Morgan fingerprint density at radius 2 is 1.70 bits per heavy atom. The molecule has 10 nitrogen and oxygen atoms in total. The largest absolute Gasteiger partial charge is 0.481 e. The highest BCUT2D eigenvalue weighted by Crippen LogP contribution is 2.57. The van der Waals surface area contributed by atoms with E-state index in [9.17, 15) is 19.5 Å². The number of ether oxygens (including phenoxy) is 2. The minimum absolute atomic E-state index is 0.0342.